The predicted molar refractivity (Wildman–Crippen MR) is 80.5 cm³/mol. The zero-order chi connectivity index (χ0) is 15.9. The second-order valence-corrected chi connectivity index (χ2v) is 5.42. The summed E-state index contributed by atoms with van der Waals surface area (Å²) in [5.41, 5.74) is 0.341. The first-order valence-electron chi connectivity index (χ1n) is 7.14. The summed E-state index contributed by atoms with van der Waals surface area (Å²) in [7, 11) is 0. The second-order valence-electron chi connectivity index (χ2n) is 5.05. The van der Waals surface area contributed by atoms with Gasteiger partial charge in [0.2, 0.25) is 0 Å². The molecular weight excluding hydrogens is 311 g/mol. The van der Waals surface area contributed by atoms with E-state index in [1.54, 1.807) is 11.0 Å². The molecule has 0 spiro atoms. The van der Waals surface area contributed by atoms with Gasteiger partial charge in [-0.1, -0.05) is 6.07 Å². The number of carbonyl (C=O) groups is 2. The smallest absolute Gasteiger partial charge is 0.407 e. The topological polar surface area (TPSA) is 58.6 Å². The number of amides is 2. The van der Waals surface area contributed by atoms with Crippen LogP contribution in [0.5, 0.6) is 0 Å². The van der Waals surface area contributed by atoms with Crippen LogP contribution in [0.4, 0.5) is 9.18 Å². The largest absolute Gasteiger partial charge is 0.448 e. The molecule has 7 heteroatoms. The average molecular weight is 329 g/mol. The van der Waals surface area contributed by atoms with Gasteiger partial charge in [0.1, 0.15) is 12.4 Å². The van der Waals surface area contributed by atoms with Gasteiger partial charge in [-0.25, -0.2) is 9.18 Å². The summed E-state index contributed by atoms with van der Waals surface area (Å²) in [5.74, 6) is -0.360. The molecule has 0 bridgehead atoms. The van der Waals surface area contributed by atoms with Crippen LogP contribution in [0.3, 0.4) is 0 Å². The zero-order valence-corrected chi connectivity index (χ0v) is 12.8. The molecule has 22 heavy (non-hydrogen) atoms. The van der Waals surface area contributed by atoms with Crippen LogP contribution in [0.1, 0.15) is 23.2 Å². The number of likely N-dealkylation sites (tertiary alicyclic amines) is 1. The molecule has 0 aromatic heterocycles. The van der Waals surface area contributed by atoms with Crippen molar-refractivity contribution >= 4 is 23.6 Å². The molecule has 1 aromatic rings. The molecule has 2 amide bonds. The summed E-state index contributed by atoms with van der Waals surface area (Å²) < 4.78 is 18.0. The van der Waals surface area contributed by atoms with Crippen molar-refractivity contribution in [2.45, 2.75) is 18.9 Å². The van der Waals surface area contributed by atoms with Gasteiger partial charge in [-0.15, -0.1) is 11.6 Å². The van der Waals surface area contributed by atoms with Crippen LogP contribution in [-0.2, 0) is 4.74 Å². The lowest BCUT2D eigenvalue weighted by Gasteiger charge is -2.32. The number of benzene rings is 1. The van der Waals surface area contributed by atoms with Crippen LogP contribution in [0.15, 0.2) is 24.3 Å². The maximum atomic E-state index is 13.2. The summed E-state index contributed by atoms with van der Waals surface area (Å²) in [6, 6.07) is 5.62. The molecule has 1 N–H and O–H groups in total. The Balaban J connectivity index is 1.82. The van der Waals surface area contributed by atoms with Gasteiger partial charge in [0, 0.05) is 24.7 Å². The van der Waals surface area contributed by atoms with E-state index in [1.807, 2.05) is 0 Å². The van der Waals surface area contributed by atoms with Crippen LogP contribution < -0.4 is 5.32 Å². The lowest BCUT2D eigenvalue weighted by Crippen LogP contribution is -2.46. The van der Waals surface area contributed by atoms with E-state index in [1.165, 1.54) is 18.2 Å². The summed E-state index contributed by atoms with van der Waals surface area (Å²) >= 11 is 5.44. The highest BCUT2D eigenvalue weighted by molar-refractivity contribution is 6.18. The fourth-order valence-electron chi connectivity index (χ4n) is 2.37. The Bertz CT molecular complexity index is 533. The van der Waals surface area contributed by atoms with Crippen LogP contribution in [-0.4, -0.2) is 48.5 Å². The van der Waals surface area contributed by atoms with Crippen molar-refractivity contribution < 1.29 is 18.7 Å². The molecule has 5 nitrogen and oxygen atoms in total. The van der Waals surface area contributed by atoms with Gasteiger partial charge >= 0.3 is 6.09 Å². The number of hydrogen-bond donors (Lipinski definition) is 1. The average Bonchev–Trinajstić information content (AvgIpc) is 2.53. The Morgan fingerprint density at radius 1 is 1.36 bits per heavy atom. The Hall–Kier alpha value is -1.82. The van der Waals surface area contributed by atoms with Crippen molar-refractivity contribution in [2.75, 3.05) is 25.6 Å². The first-order chi connectivity index (χ1) is 10.6. The number of nitrogens with one attached hydrogen (secondary N) is 1. The van der Waals surface area contributed by atoms with Crippen molar-refractivity contribution in [3.8, 4) is 0 Å². The number of alkyl carbamates (subject to hydrolysis) is 1. The number of alkyl halides is 1. The standard InChI is InChI=1S/C15H18ClFN2O3/c16-6-9-22-15(21)18-13-4-7-19(8-5-13)14(20)11-2-1-3-12(17)10-11/h1-3,10,13H,4-9H2,(H,18,21). The van der Waals surface area contributed by atoms with Crippen molar-refractivity contribution in [1.82, 2.24) is 10.2 Å². The third-order valence-corrected chi connectivity index (χ3v) is 3.64. The molecule has 1 heterocycles. The molecule has 1 fully saturated rings. The summed E-state index contributed by atoms with van der Waals surface area (Å²) in [4.78, 5) is 25.3. The SMILES string of the molecule is O=C(NC1CCN(C(=O)c2cccc(F)c2)CC1)OCCCl. The molecule has 0 unspecified atom stereocenters. The highest BCUT2D eigenvalue weighted by Crippen LogP contribution is 2.15. The highest BCUT2D eigenvalue weighted by Gasteiger charge is 2.25. The first kappa shape index (κ1) is 16.5. The first-order valence-corrected chi connectivity index (χ1v) is 7.67. The molecule has 1 saturated heterocycles. The molecule has 0 atom stereocenters. The minimum Gasteiger partial charge on any atom is -0.448 e. The number of rotatable bonds is 4. The molecule has 1 aliphatic rings. The fraction of sp³-hybridized carbons (Fsp3) is 0.467. The number of nitrogens with zero attached hydrogens (tertiary/aromatic N) is 1. The van der Waals surface area contributed by atoms with Crippen molar-refractivity contribution in [2.24, 2.45) is 0 Å². The number of ether oxygens (including phenoxy) is 1. The number of piperidine rings is 1. The molecule has 1 aliphatic heterocycles. The van der Waals surface area contributed by atoms with Gasteiger partial charge in [-0.05, 0) is 31.0 Å². The van der Waals surface area contributed by atoms with Crippen LogP contribution in [0, 0.1) is 5.82 Å². The third-order valence-electron chi connectivity index (χ3n) is 3.49. The van der Waals surface area contributed by atoms with E-state index in [0.717, 1.165) is 0 Å². The predicted octanol–water partition coefficient (Wildman–Crippen LogP) is 2.40. The minimum atomic E-state index is -0.490. The van der Waals surface area contributed by atoms with E-state index in [0.29, 0.717) is 31.5 Å². The molecular formula is C15H18ClFN2O3. The van der Waals surface area contributed by atoms with E-state index < -0.39 is 11.9 Å². The van der Waals surface area contributed by atoms with E-state index in [9.17, 15) is 14.0 Å². The Labute approximate surface area is 133 Å². The number of carbonyl (C=O) groups excluding carboxylic acids is 2. The minimum absolute atomic E-state index is 0.0283. The molecule has 120 valence electrons. The Morgan fingerprint density at radius 3 is 2.73 bits per heavy atom. The van der Waals surface area contributed by atoms with Crippen molar-refractivity contribution in [1.29, 1.82) is 0 Å². The normalized spacial score (nSPS) is 15.5. The van der Waals surface area contributed by atoms with Gasteiger partial charge in [-0.2, -0.15) is 0 Å². The van der Waals surface area contributed by atoms with Crippen molar-refractivity contribution in [3.05, 3.63) is 35.6 Å². The van der Waals surface area contributed by atoms with Gasteiger partial charge in [0.25, 0.3) is 5.91 Å². The second kappa shape index (κ2) is 7.98. The monoisotopic (exact) mass is 328 g/mol. The van der Waals surface area contributed by atoms with Gasteiger partial charge in [-0.3, -0.25) is 4.79 Å². The van der Waals surface area contributed by atoms with Gasteiger partial charge in [0.15, 0.2) is 0 Å². The summed E-state index contributed by atoms with van der Waals surface area (Å²) in [6.07, 6.45) is 0.782. The maximum absolute atomic E-state index is 13.2. The molecule has 0 saturated carbocycles. The molecule has 1 aromatic carbocycles. The number of halogens is 2. The maximum Gasteiger partial charge on any atom is 0.407 e. The van der Waals surface area contributed by atoms with E-state index >= 15 is 0 Å². The van der Waals surface area contributed by atoms with E-state index in [-0.39, 0.29) is 24.4 Å². The zero-order valence-electron chi connectivity index (χ0n) is 12.1. The van der Waals surface area contributed by atoms with E-state index in [2.05, 4.69) is 5.32 Å². The van der Waals surface area contributed by atoms with Gasteiger partial charge < -0.3 is 15.0 Å². The van der Waals surface area contributed by atoms with Gasteiger partial charge in [0.05, 0.1) is 5.88 Å². The van der Waals surface area contributed by atoms with Crippen LogP contribution >= 0.6 is 11.6 Å². The Morgan fingerprint density at radius 2 is 2.09 bits per heavy atom. The quantitative estimate of drug-likeness (QED) is 0.863. The Kier molecular flexibility index (Phi) is 6.00. The lowest BCUT2D eigenvalue weighted by atomic mass is 10.0. The molecule has 0 radical (unpaired) electrons. The fourth-order valence-corrected chi connectivity index (χ4v) is 2.45. The van der Waals surface area contributed by atoms with Crippen LogP contribution in [0.2, 0.25) is 0 Å². The van der Waals surface area contributed by atoms with Crippen molar-refractivity contribution in [3.63, 3.8) is 0 Å². The van der Waals surface area contributed by atoms with Crippen LogP contribution in [0.25, 0.3) is 0 Å². The number of hydrogen-bond acceptors (Lipinski definition) is 3. The molecule has 0 aliphatic carbocycles. The lowest BCUT2D eigenvalue weighted by molar-refractivity contribution is 0.0702. The summed E-state index contributed by atoms with van der Waals surface area (Å²) in [6.45, 7) is 1.19. The highest BCUT2D eigenvalue weighted by atomic mass is 35.5. The third kappa shape index (κ3) is 4.59. The summed E-state index contributed by atoms with van der Waals surface area (Å²) in [5, 5.41) is 2.74. The molecule has 2 rings (SSSR count). The van der Waals surface area contributed by atoms with E-state index in [4.69, 9.17) is 16.3 Å².